The number of amides is 3. The van der Waals surface area contributed by atoms with Crippen molar-refractivity contribution in [3.8, 4) is 0 Å². The first kappa shape index (κ1) is 22.5. The molecule has 1 saturated carbocycles. The van der Waals surface area contributed by atoms with Crippen molar-refractivity contribution in [1.29, 1.82) is 0 Å². The Hall–Kier alpha value is -3.14. The molecule has 31 heavy (non-hydrogen) atoms. The van der Waals surface area contributed by atoms with Crippen molar-refractivity contribution in [3.05, 3.63) is 23.2 Å². The number of aromatic nitrogens is 2. The highest BCUT2D eigenvalue weighted by Crippen LogP contribution is 2.34. The molecule has 2 fully saturated rings. The predicted molar refractivity (Wildman–Crippen MR) is 99.4 cm³/mol. The summed E-state index contributed by atoms with van der Waals surface area (Å²) < 4.78 is 41.5. The Kier molecular flexibility index (Phi) is 6.21. The third-order valence-electron chi connectivity index (χ3n) is 5.43. The van der Waals surface area contributed by atoms with Gasteiger partial charge in [-0.3, -0.25) is 23.8 Å². The van der Waals surface area contributed by atoms with E-state index in [1.807, 2.05) is 0 Å². The molecule has 2 heterocycles. The second kappa shape index (κ2) is 8.54. The summed E-state index contributed by atoms with van der Waals surface area (Å²) in [5, 5.41) is 6.89. The summed E-state index contributed by atoms with van der Waals surface area (Å²) >= 11 is 0. The molecule has 3 rings (SSSR count). The molecule has 1 aromatic heterocycles. The standard InChI is InChI=1S/C18H21F3N6O4/c1-23-10-17(4-6-26(7-5-17)13(28)9-31-18(19,20)21)27-8-12(14(22)29)15(25-27)24-16(30)11-2-3-11/h8,11H,2-7,9-10H2,(H2,22,29)(H,24,25,30). The molecule has 1 aliphatic carbocycles. The highest BCUT2D eigenvalue weighted by molar-refractivity contribution is 6.02. The van der Waals surface area contributed by atoms with Gasteiger partial charge in [0.25, 0.3) is 5.91 Å². The third-order valence-corrected chi connectivity index (χ3v) is 5.43. The molecule has 0 atom stereocenters. The van der Waals surface area contributed by atoms with Crippen LogP contribution in [-0.4, -0.2) is 65.0 Å². The molecule has 168 valence electrons. The number of anilines is 1. The lowest BCUT2D eigenvalue weighted by molar-refractivity contribution is -0.321. The Morgan fingerprint density at radius 3 is 2.48 bits per heavy atom. The van der Waals surface area contributed by atoms with Gasteiger partial charge in [0.05, 0.1) is 0 Å². The fraction of sp³-hybridized carbons (Fsp3) is 0.611. The Bertz CT molecular complexity index is 910. The fourth-order valence-electron chi connectivity index (χ4n) is 3.47. The quantitative estimate of drug-likeness (QED) is 0.612. The normalized spacial score (nSPS) is 18.3. The van der Waals surface area contributed by atoms with E-state index in [4.69, 9.17) is 12.3 Å². The summed E-state index contributed by atoms with van der Waals surface area (Å²) in [4.78, 5) is 40.6. The lowest BCUT2D eigenvalue weighted by atomic mass is 9.87. The van der Waals surface area contributed by atoms with E-state index in [1.54, 1.807) is 0 Å². The largest absolute Gasteiger partial charge is 0.523 e. The summed E-state index contributed by atoms with van der Waals surface area (Å²) in [6.07, 6.45) is -1.61. The first-order valence-electron chi connectivity index (χ1n) is 9.57. The van der Waals surface area contributed by atoms with Crippen molar-refractivity contribution in [2.45, 2.75) is 37.6 Å². The average molecular weight is 442 g/mol. The molecule has 0 spiro atoms. The molecular formula is C18H21F3N6O4. The van der Waals surface area contributed by atoms with Crippen LogP contribution in [0, 0.1) is 12.5 Å². The van der Waals surface area contributed by atoms with Crippen molar-refractivity contribution >= 4 is 23.5 Å². The van der Waals surface area contributed by atoms with E-state index in [0.717, 1.165) is 12.8 Å². The maximum atomic E-state index is 12.2. The van der Waals surface area contributed by atoms with Crippen LogP contribution in [0.1, 0.15) is 36.0 Å². The minimum Gasteiger partial charge on any atom is -0.365 e. The van der Waals surface area contributed by atoms with Gasteiger partial charge in [0.1, 0.15) is 17.7 Å². The number of ether oxygens (including phenoxy) is 1. The van der Waals surface area contributed by atoms with Gasteiger partial charge in [-0.25, -0.2) is 6.57 Å². The van der Waals surface area contributed by atoms with Crippen LogP contribution in [-0.2, 0) is 19.9 Å². The topological polar surface area (TPSA) is 124 Å². The lowest BCUT2D eigenvalue weighted by Crippen LogP contribution is -2.50. The van der Waals surface area contributed by atoms with Gasteiger partial charge in [-0.05, 0) is 25.7 Å². The summed E-state index contributed by atoms with van der Waals surface area (Å²) in [7, 11) is 0. The van der Waals surface area contributed by atoms with Crippen LogP contribution in [0.25, 0.3) is 4.85 Å². The van der Waals surface area contributed by atoms with E-state index in [-0.39, 0.29) is 55.7 Å². The highest BCUT2D eigenvalue weighted by atomic mass is 19.4. The Morgan fingerprint density at radius 2 is 1.97 bits per heavy atom. The lowest BCUT2D eigenvalue weighted by Gasteiger charge is -2.38. The number of piperidine rings is 1. The Labute approximate surface area is 175 Å². The van der Waals surface area contributed by atoms with Crippen molar-refractivity contribution in [1.82, 2.24) is 14.7 Å². The number of hydrogen-bond donors (Lipinski definition) is 2. The number of primary amides is 1. The molecule has 0 unspecified atom stereocenters. The van der Waals surface area contributed by atoms with Crippen LogP contribution in [0.2, 0.25) is 0 Å². The van der Waals surface area contributed by atoms with Gasteiger partial charge >= 0.3 is 6.36 Å². The fourth-order valence-corrected chi connectivity index (χ4v) is 3.47. The monoisotopic (exact) mass is 442 g/mol. The van der Waals surface area contributed by atoms with Gasteiger partial charge in [0.2, 0.25) is 18.4 Å². The van der Waals surface area contributed by atoms with E-state index in [9.17, 15) is 27.6 Å². The third kappa shape index (κ3) is 5.32. The number of nitrogens with one attached hydrogen (secondary N) is 1. The number of carbonyl (C=O) groups excluding carboxylic acids is 3. The first-order valence-corrected chi connectivity index (χ1v) is 9.57. The molecule has 2 aliphatic rings. The minimum atomic E-state index is -4.90. The van der Waals surface area contributed by atoms with E-state index >= 15 is 0 Å². The SMILES string of the molecule is [C-]#[N+]CC1(n2cc(C(N)=O)c(NC(=O)C3CC3)n2)CCN(C(=O)COC(F)(F)F)CC1. The summed E-state index contributed by atoms with van der Waals surface area (Å²) in [6.45, 7) is 6.29. The van der Waals surface area contributed by atoms with Gasteiger partial charge < -0.3 is 20.8 Å². The molecule has 3 N–H and O–H groups in total. The van der Waals surface area contributed by atoms with Crippen LogP contribution in [0.4, 0.5) is 19.0 Å². The Balaban J connectivity index is 1.76. The molecule has 13 heteroatoms. The number of hydrogen-bond acceptors (Lipinski definition) is 5. The summed E-state index contributed by atoms with van der Waals surface area (Å²) in [5.41, 5.74) is 4.50. The number of rotatable bonds is 7. The maximum Gasteiger partial charge on any atom is 0.523 e. The van der Waals surface area contributed by atoms with Gasteiger partial charge in [0, 0.05) is 25.2 Å². The molecule has 0 radical (unpaired) electrons. The van der Waals surface area contributed by atoms with E-state index in [2.05, 4.69) is 20.0 Å². The van der Waals surface area contributed by atoms with Crippen molar-refractivity contribution < 1.29 is 32.3 Å². The molecule has 10 nitrogen and oxygen atoms in total. The van der Waals surface area contributed by atoms with Gasteiger partial charge in [-0.1, -0.05) is 0 Å². The van der Waals surface area contributed by atoms with Crippen LogP contribution in [0.3, 0.4) is 0 Å². The molecular weight excluding hydrogens is 421 g/mol. The van der Waals surface area contributed by atoms with Crippen molar-refractivity contribution in [3.63, 3.8) is 0 Å². The molecule has 0 aromatic carbocycles. The molecule has 1 aromatic rings. The number of likely N-dealkylation sites (tertiary alicyclic amines) is 1. The zero-order chi connectivity index (χ0) is 22.8. The number of alkyl halides is 3. The molecule has 1 aliphatic heterocycles. The number of halogens is 3. The first-order chi connectivity index (χ1) is 14.5. The van der Waals surface area contributed by atoms with Gasteiger partial charge in [-0.15, -0.1) is 13.2 Å². The molecule has 3 amide bonds. The Morgan fingerprint density at radius 1 is 1.32 bits per heavy atom. The van der Waals surface area contributed by atoms with E-state index in [0.29, 0.717) is 0 Å². The van der Waals surface area contributed by atoms with Crippen LogP contribution >= 0.6 is 0 Å². The van der Waals surface area contributed by atoms with Crippen molar-refractivity contribution in [2.75, 3.05) is 31.6 Å². The summed E-state index contributed by atoms with van der Waals surface area (Å²) in [6, 6.07) is 0. The smallest absolute Gasteiger partial charge is 0.365 e. The van der Waals surface area contributed by atoms with E-state index in [1.165, 1.54) is 15.8 Å². The highest BCUT2D eigenvalue weighted by Gasteiger charge is 2.43. The molecule has 0 bridgehead atoms. The summed E-state index contributed by atoms with van der Waals surface area (Å²) in [5.74, 6) is -2.00. The zero-order valence-corrected chi connectivity index (χ0v) is 16.4. The minimum absolute atomic E-state index is 0.00422. The second-order valence-corrected chi connectivity index (χ2v) is 7.62. The van der Waals surface area contributed by atoms with Crippen LogP contribution in [0.5, 0.6) is 0 Å². The van der Waals surface area contributed by atoms with Crippen LogP contribution in [0.15, 0.2) is 6.20 Å². The predicted octanol–water partition coefficient (Wildman–Crippen LogP) is 1.10. The number of nitrogens with zero attached hydrogens (tertiary/aromatic N) is 4. The average Bonchev–Trinajstić information content (AvgIpc) is 3.46. The second-order valence-electron chi connectivity index (χ2n) is 7.62. The number of nitrogens with two attached hydrogens (primary N) is 1. The number of carbonyl (C=O) groups is 3. The van der Waals surface area contributed by atoms with Crippen LogP contribution < -0.4 is 11.1 Å². The molecule has 1 saturated heterocycles. The van der Waals surface area contributed by atoms with Crippen molar-refractivity contribution in [2.24, 2.45) is 11.7 Å². The van der Waals surface area contributed by atoms with Gasteiger partial charge in [0.15, 0.2) is 5.82 Å². The van der Waals surface area contributed by atoms with E-state index < -0.39 is 30.3 Å². The zero-order valence-electron chi connectivity index (χ0n) is 16.4. The maximum absolute atomic E-state index is 12.2. The van der Waals surface area contributed by atoms with Gasteiger partial charge in [-0.2, -0.15) is 5.10 Å².